The maximum Gasteiger partial charge on any atom is 0.129 e. The van der Waals surface area contributed by atoms with Crippen molar-refractivity contribution in [3.63, 3.8) is 0 Å². The predicted octanol–water partition coefficient (Wildman–Crippen LogP) is -2.72. The number of hydrogen-bond donors (Lipinski definition) is 4. The minimum Gasteiger partial charge on any atom is -0.314 e. The molecular weight excluding hydrogens is 218 g/mol. The van der Waals surface area contributed by atoms with Gasteiger partial charge in [-0.3, -0.25) is 10.7 Å². The van der Waals surface area contributed by atoms with Crippen LogP contribution in [0.1, 0.15) is 0 Å². The molecule has 0 unspecified atom stereocenters. The van der Waals surface area contributed by atoms with Gasteiger partial charge in [0, 0.05) is 32.7 Å². The van der Waals surface area contributed by atoms with Gasteiger partial charge in [-0.15, -0.1) is 5.43 Å². The van der Waals surface area contributed by atoms with Gasteiger partial charge in [0.15, 0.2) is 0 Å². The standard InChI is InChI=1S/C10H26N7/c11-16-7-9-17(12,10-8-16)14-3-6-15-4-1-13-2-5-15/h13-14H,1-12H2/q+1. The fraction of sp³-hybridized carbons (Fsp3) is 1.00. The van der Waals surface area contributed by atoms with Crippen molar-refractivity contribution in [2.75, 3.05) is 65.4 Å². The molecular formula is C10H26N7+. The first-order valence-electron chi connectivity index (χ1n) is 6.51. The summed E-state index contributed by atoms with van der Waals surface area (Å²) in [6.45, 7) is 9.97. The number of rotatable bonds is 4. The third-order valence-corrected chi connectivity index (χ3v) is 3.64. The Kier molecular flexibility index (Phi) is 4.69. The molecule has 0 aromatic heterocycles. The summed E-state index contributed by atoms with van der Waals surface area (Å²) in [4.78, 5) is 2.47. The molecule has 2 aliphatic rings. The topological polar surface area (TPSA) is 82.6 Å². The average molecular weight is 244 g/mol. The van der Waals surface area contributed by atoms with Gasteiger partial charge in [0.25, 0.3) is 0 Å². The summed E-state index contributed by atoms with van der Waals surface area (Å²) in [5.41, 5.74) is 3.44. The second-order valence-electron chi connectivity index (χ2n) is 5.02. The van der Waals surface area contributed by atoms with Gasteiger partial charge in [-0.2, -0.15) is 10.5 Å². The van der Waals surface area contributed by atoms with Crippen LogP contribution < -0.4 is 22.4 Å². The smallest absolute Gasteiger partial charge is 0.129 e. The number of nitrogens with one attached hydrogen (secondary N) is 2. The van der Waals surface area contributed by atoms with Crippen LogP contribution in [0.2, 0.25) is 0 Å². The Morgan fingerprint density at radius 3 is 2.41 bits per heavy atom. The van der Waals surface area contributed by atoms with E-state index in [-0.39, 0.29) is 0 Å². The molecule has 0 aliphatic carbocycles. The molecule has 2 aliphatic heterocycles. The lowest BCUT2D eigenvalue weighted by molar-refractivity contribution is -0.984. The fourth-order valence-electron chi connectivity index (χ4n) is 2.36. The maximum atomic E-state index is 6.25. The molecule has 2 rings (SSSR count). The molecule has 0 saturated carbocycles. The summed E-state index contributed by atoms with van der Waals surface area (Å²) < 4.78 is 0.458. The highest BCUT2D eigenvalue weighted by atomic mass is 15.8. The summed E-state index contributed by atoms with van der Waals surface area (Å²) in [6.07, 6.45) is 0. The monoisotopic (exact) mass is 244 g/mol. The Labute approximate surface area is 103 Å². The van der Waals surface area contributed by atoms with Crippen LogP contribution in [0.3, 0.4) is 0 Å². The highest BCUT2D eigenvalue weighted by Gasteiger charge is 2.28. The zero-order valence-electron chi connectivity index (χ0n) is 10.6. The van der Waals surface area contributed by atoms with Crippen molar-refractivity contribution in [3.05, 3.63) is 0 Å². The molecule has 17 heavy (non-hydrogen) atoms. The Bertz CT molecular complexity index is 221. The quantitative estimate of drug-likeness (QED) is 0.318. The van der Waals surface area contributed by atoms with Crippen LogP contribution >= 0.6 is 0 Å². The van der Waals surface area contributed by atoms with Crippen molar-refractivity contribution in [2.24, 2.45) is 11.7 Å². The predicted molar refractivity (Wildman–Crippen MR) is 67.3 cm³/mol. The van der Waals surface area contributed by atoms with Gasteiger partial charge in [0.1, 0.15) is 13.1 Å². The highest BCUT2D eigenvalue weighted by Crippen LogP contribution is 2.00. The maximum absolute atomic E-state index is 6.25. The van der Waals surface area contributed by atoms with Gasteiger partial charge in [0.2, 0.25) is 0 Å². The lowest BCUT2D eigenvalue weighted by Gasteiger charge is -2.39. The molecule has 0 aromatic rings. The van der Waals surface area contributed by atoms with Crippen molar-refractivity contribution in [1.29, 1.82) is 0 Å². The first-order valence-corrected chi connectivity index (χ1v) is 6.51. The van der Waals surface area contributed by atoms with Crippen LogP contribution in [-0.2, 0) is 0 Å². The van der Waals surface area contributed by atoms with E-state index in [4.69, 9.17) is 11.7 Å². The summed E-state index contributed by atoms with van der Waals surface area (Å²) in [5, 5.41) is 5.19. The zero-order valence-corrected chi connectivity index (χ0v) is 10.6. The first kappa shape index (κ1) is 13.2. The van der Waals surface area contributed by atoms with Crippen LogP contribution in [0.25, 0.3) is 0 Å². The summed E-state index contributed by atoms with van der Waals surface area (Å²) >= 11 is 0. The van der Waals surface area contributed by atoms with E-state index < -0.39 is 0 Å². The van der Waals surface area contributed by atoms with E-state index >= 15 is 0 Å². The molecule has 0 amide bonds. The van der Waals surface area contributed by atoms with E-state index in [0.29, 0.717) is 4.70 Å². The number of nitrogens with zero attached hydrogens (tertiary/aromatic N) is 3. The van der Waals surface area contributed by atoms with Gasteiger partial charge in [-0.25, -0.2) is 5.01 Å². The Hall–Kier alpha value is -0.280. The Balaban J connectivity index is 1.63. The number of quaternary nitrogens is 1. The summed E-state index contributed by atoms with van der Waals surface area (Å²) in [5.74, 6) is 12.0. The van der Waals surface area contributed by atoms with Crippen molar-refractivity contribution >= 4 is 0 Å². The summed E-state index contributed by atoms with van der Waals surface area (Å²) in [7, 11) is 0. The molecule has 6 N–H and O–H groups in total. The first-order chi connectivity index (χ1) is 8.18. The van der Waals surface area contributed by atoms with Crippen LogP contribution in [0.15, 0.2) is 0 Å². The summed E-state index contributed by atoms with van der Waals surface area (Å²) in [6, 6.07) is 0. The molecule has 7 nitrogen and oxygen atoms in total. The minimum atomic E-state index is 0.458. The van der Waals surface area contributed by atoms with Crippen LogP contribution in [0.4, 0.5) is 0 Å². The zero-order chi connectivity index (χ0) is 12.1. The minimum absolute atomic E-state index is 0.458. The van der Waals surface area contributed by atoms with E-state index in [0.717, 1.165) is 65.4 Å². The molecule has 7 heteroatoms. The molecule has 0 bridgehead atoms. The van der Waals surface area contributed by atoms with Crippen molar-refractivity contribution in [3.8, 4) is 0 Å². The van der Waals surface area contributed by atoms with E-state index in [1.54, 1.807) is 0 Å². The van der Waals surface area contributed by atoms with Crippen LogP contribution in [0.5, 0.6) is 0 Å². The lowest BCUT2D eigenvalue weighted by Crippen LogP contribution is -2.71. The van der Waals surface area contributed by atoms with Crippen molar-refractivity contribution in [1.82, 2.24) is 20.7 Å². The fourth-order valence-corrected chi connectivity index (χ4v) is 2.36. The van der Waals surface area contributed by atoms with Crippen molar-refractivity contribution < 1.29 is 4.70 Å². The molecule has 0 radical (unpaired) electrons. The lowest BCUT2D eigenvalue weighted by atomic mass is 10.3. The van der Waals surface area contributed by atoms with Gasteiger partial charge >= 0.3 is 0 Å². The normalized spacial score (nSPS) is 27.2. The largest absolute Gasteiger partial charge is 0.314 e. The Morgan fingerprint density at radius 1 is 1.12 bits per heavy atom. The van der Waals surface area contributed by atoms with E-state index in [2.05, 4.69) is 15.6 Å². The van der Waals surface area contributed by atoms with Gasteiger partial charge in [-0.05, 0) is 0 Å². The van der Waals surface area contributed by atoms with Gasteiger partial charge in [-0.1, -0.05) is 0 Å². The van der Waals surface area contributed by atoms with Crippen LogP contribution in [-0.4, -0.2) is 80.1 Å². The van der Waals surface area contributed by atoms with Crippen LogP contribution in [0, 0.1) is 0 Å². The third kappa shape index (κ3) is 4.14. The number of hydrazine groups is 1. The SMILES string of the molecule is NN1CC[N+](N)(NCCN2CCNCC2)CC1. The second-order valence-corrected chi connectivity index (χ2v) is 5.02. The Morgan fingerprint density at radius 2 is 1.76 bits per heavy atom. The van der Waals surface area contributed by atoms with E-state index in [1.807, 2.05) is 5.01 Å². The molecule has 2 heterocycles. The number of hydrogen-bond acceptors (Lipinski definition) is 6. The van der Waals surface area contributed by atoms with E-state index in [9.17, 15) is 0 Å². The third-order valence-electron chi connectivity index (χ3n) is 3.64. The van der Waals surface area contributed by atoms with E-state index in [1.165, 1.54) is 0 Å². The van der Waals surface area contributed by atoms with Gasteiger partial charge in [0.05, 0.1) is 19.6 Å². The molecule has 100 valence electrons. The molecule has 2 fully saturated rings. The molecule has 0 spiro atoms. The highest BCUT2D eigenvalue weighted by molar-refractivity contribution is 4.67. The molecule has 0 atom stereocenters. The number of piperazine rings is 2. The molecule has 2 saturated heterocycles. The second kappa shape index (κ2) is 6.05. The average Bonchev–Trinajstić information content (AvgIpc) is 2.35. The molecule has 0 aromatic carbocycles. The van der Waals surface area contributed by atoms with Gasteiger partial charge < -0.3 is 5.32 Å². The number of nitrogens with two attached hydrogens (primary N) is 2. The van der Waals surface area contributed by atoms with Crippen molar-refractivity contribution in [2.45, 2.75) is 0 Å².